The number of methoxy groups -OCH3 is 1. The number of hydrogen-bond donors (Lipinski definition) is 0. The second-order valence-corrected chi connectivity index (χ2v) is 4.86. The van der Waals surface area contributed by atoms with E-state index in [-0.39, 0.29) is 5.78 Å². The van der Waals surface area contributed by atoms with Crippen molar-refractivity contribution in [3.63, 3.8) is 0 Å². The van der Waals surface area contributed by atoms with E-state index in [4.69, 9.17) is 4.74 Å². The van der Waals surface area contributed by atoms with Gasteiger partial charge in [0.1, 0.15) is 0 Å². The van der Waals surface area contributed by atoms with Crippen molar-refractivity contribution in [1.82, 2.24) is 4.90 Å². The number of benzene rings is 1. The normalized spacial score (nSPS) is 20.2. The van der Waals surface area contributed by atoms with Gasteiger partial charge in [-0.3, -0.25) is 9.69 Å². The maximum atomic E-state index is 12.1. The van der Waals surface area contributed by atoms with Crippen LogP contribution in [0.1, 0.15) is 29.3 Å². The number of ketones is 1. The molecule has 0 saturated carbocycles. The first kappa shape index (κ1) is 13.2. The van der Waals surface area contributed by atoms with Gasteiger partial charge in [0.05, 0.1) is 12.6 Å². The second-order valence-electron chi connectivity index (χ2n) is 4.86. The van der Waals surface area contributed by atoms with Gasteiger partial charge in [0.2, 0.25) is 0 Å². The number of likely N-dealkylation sites (tertiary alicyclic amines) is 1. The maximum absolute atomic E-state index is 12.1. The molecule has 18 heavy (non-hydrogen) atoms. The van der Waals surface area contributed by atoms with Crippen molar-refractivity contribution < 1.29 is 9.53 Å². The van der Waals surface area contributed by atoms with Crippen molar-refractivity contribution in [3.05, 3.63) is 35.4 Å². The fourth-order valence-corrected chi connectivity index (χ4v) is 2.35. The molecule has 1 fully saturated rings. The van der Waals surface area contributed by atoms with Gasteiger partial charge < -0.3 is 4.74 Å². The maximum Gasteiger partial charge on any atom is 0.176 e. The lowest BCUT2D eigenvalue weighted by atomic mass is 10.1. The fourth-order valence-electron chi connectivity index (χ4n) is 2.35. The van der Waals surface area contributed by atoms with Crippen molar-refractivity contribution in [3.8, 4) is 0 Å². The monoisotopic (exact) mass is 247 g/mol. The zero-order valence-corrected chi connectivity index (χ0v) is 11.2. The Balaban J connectivity index is 1.91. The Morgan fingerprint density at radius 2 is 2.11 bits per heavy atom. The average Bonchev–Trinajstić information content (AvgIpc) is 2.86. The topological polar surface area (TPSA) is 29.5 Å². The van der Waals surface area contributed by atoms with Gasteiger partial charge in [-0.1, -0.05) is 31.2 Å². The number of Topliss-reactive ketones (excluding diaryl/α,β-unsaturated/α-hetero) is 1. The number of nitrogens with zero attached hydrogens (tertiary/aromatic N) is 1. The van der Waals surface area contributed by atoms with Crippen LogP contribution in [-0.2, 0) is 11.2 Å². The van der Waals surface area contributed by atoms with E-state index in [0.29, 0.717) is 12.6 Å². The standard InChI is InChI=1S/C15H21NO2/c1-3-12-4-6-13(7-5-12)15(17)11-16-9-8-14(10-16)18-2/h4-7,14H,3,8-11H2,1-2H3. The van der Waals surface area contributed by atoms with Crippen LogP contribution in [0.5, 0.6) is 0 Å². The SMILES string of the molecule is CCc1ccc(C(=O)CN2CCC(OC)C2)cc1. The van der Waals surface area contributed by atoms with E-state index >= 15 is 0 Å². The minimum Gasteiger partial charge on any atom is -0.380 e. The molecule has 2 rings (SSSR count). The first-order valence-electron chi connectivity index (χ1n) is 6.60. The van der Waals surface area contributed by atoms with Crippen LogP contribution in [0.2, 0.25) is 0 Å². The van der Waals surface area contributed by atoms with E-state index in [1.54, 1.807) is 7.11 Å². The lowest BCUT2D eigenvalue weighted by Gasteiger charge is -2.14. The summed E-state index contributed by atoms with van der Waals surface area (Å²) in [5.74, 6) is 0.203. The van der Waals surface area contributed by atoms with Crippen molar-refractivity contribution in [2.75, 3.05) is 26.7 Å². The largest absolute Gasteiger partial charge is 0.380 e. The van der Waals surface area contributed by atoms with Crippen LogP contribution < -0.4 is 0 Å². The summed E-state index contributed by atoms with van der Waals surface area (Å²) in [6.45, 7) is 4.45. The molecule has 1 aliphatic rings. The molecule has 1 aromatic rings. The minimum atomic E-state index is 0.203. The molecule has 0 aromatic heterocycles. The van der Waals surface area contributed by atoms with Gasteiger partial charge in [-0.25, -0.2) is 0 Å². The molecule has 98 valence electrons. The third kappa shape index (κ3) is 3.18. The molecule has 0 bridgehead atoms. The summed E-state index contributed by atoms with van der Waals surface area (Å²) < 4.78 is 5.31. The number of carbonyl (C=O) groups is 1. The number of ether oxygens (including phenoxy) is 1. The average molecular weight is 247 g/mol. The number of hydrogen-bond acceptors (Lipinski definition) is 3. The summed E-state index contributed by atoms with van der Waals surface area (Å²) in [6, 6.07) is 7.94. The van der Waals surface area contributed by atoms with Crippen LogP contribution in [-0.4, -0.2) is 43.5 Å². The lowest BCUT2D eigenvalue weighted by Crippen LogP contribution is -2.29. The van der Waals surface area contributed by atoms with E-state index in [2.05, 4.69) is 11.8 Å². The molecular weight excluding hydrogens is 226 g/mol. The van der Waals surface area contributed by atoms with Crippen LogP contribution in [0.15, 0.2) is 24.3 Å². The molecule has 0 radical (unpaired) electrons. The summed E-state index contributed by atoms with van der Waals surface area (Å²) in [5.41, 5.74) is 2.08. The highest BCUT2D eigenvalue weighted by atomic mass is 16.5. The third-order valence-corrected chi connectivity index (χ3v) is 3.61. The summed E-state index contributed by atoms with van der Waals surface area (Å²) in [7, 11) is 1.74. The molecule has 0 N–H and O–H groups in total. The van der Waals surface area contributed by atoms with Gasteiger partial charge in [-0.05, 0) is 18.4 Å². The lowest BCUT2D eigenvalue weighted by molar-refractivity contribution is 0.0899. The van der Waals surface area contributed by atoms with Gasteiger partial charge in [0.15, 0.2) is 5.78 Å². The summed E-state index contributed by atoms with van der Waals surface area (Å²) in [5, 5.41) is 0. The van der Waals surface area contributed by atoms with Crippen molar-refractivity contribution in [2.45, 2.75) is 25.9 Å². The van der Waals surface area contributed by atoms with E-state index in [9.17, 15) is 4.79 Å². The van der Waals surface area contributed by atoms with Crippen LogP contribution >= 0.6 is 0 Å². The third-order valence-electron chi connectivity index (χ3n) is 3.61. The molecule has 1 saturated heterocycles. The summed E-state index contributed by atoms with van der Waals surface area (Å²) in [4.78, 5) is 14.3. The number of carbonyl (C=O) groups excluding carboxylic acids is 1. The van der Waals surface area contributed by atoms with Crippen molar-refractivity contribution in [2.24, 2.45) is 0 Å². The highest BCUT2D eigenvalue weighted by molar-refractivity contribution is 5.97. The highest BCUT2D eigenvalue weighted by Crippen LogP contribution is 2.13. The van der Waals surface area contributed by atoms with Crippen LogP contribution in [0.4, 0.5) is 0 Å². The highest BCUT2D eigenvalue weighted by Gasteiger charge is 2.23. The van der Waals surface area contributed by atoms with E-state index in [1.807, 2.05) is 24.3 Å². The summed E-state index contributed by atoms with van der Waals surface area (Å²) >= 11 is 0. The van der Waals surface area contributed by atoms with Gasteiger partial charge >= 0.3 is 0 Å². The summed E-state index contributed by atoms with van der Waals surface area (Å²) in [6.07, 6.45) is 2.33. The first-order chi connectivity index (χ1) is 8.72. The van der Waals surface area contributed by atoms with Crippen LogP contribution in [0, 0.1) is 0 Å². The predicted molar refractivity (Wildman–Crippen MR) is 72.0 cm³/mol. The van der Waals surface area contributed by atoms with Crippen molar-refractivity contribution in [1.29, 1.82) is 0 Å². The van der Waals surface area contributed by atoms with Gasteiger partial charge in [-0.2, -0.15) is 0 Å². The Bertz CT molecular complexity index is 399. The molecular formula is C15H21NO2. The molecule has 0 aliphatic carbocycles. The Kier molecular flexibility index (Phi) is 4.50. The smallest absolute Gasteiger partial charge is 0.176 e. The molecule has 0 amide bonds. The molecule has 1 aliphatic heterocycles. The molecule has 0 spiro atoms. The predicted octanol–water partition coefficient (Wildman–Crippen LogP) is 2.15. The van der Waals surface area contributed by atoms with Gasteiger partial charge in [0.25, 0.3) is 0 Å². The first-order valence-corrected chi connectivity index (χ1v) is 6.60. The van der Waals surface area contributed by atoms with Crippen molar-refractivity contribution >= 4 is 5.78 Å². The molecule has 3 heteroatoms. The number of aryl methyl sites for hydroxylation is 1. The van der Waals surface area contributed by atoms with Gasteiger partial charge in [0, 0.05) is 25.8 Å². The molecule has 1 heterocycles. The van der Waals surface area contributed by atoms with E-state index in [0.717, 1.165) is 31.5 Å². The Labute approximate surface area is 109 Å². The molecule has 1 aromatic carbocycles. The van der Waals surface area contributed by atoms with E-state index in [1.165, 1.54) is 5.56 Å². The van der Waals surface area contributed by atoms with Crippen LogP contribution in [0.3, 0.4) is 0 Å². The second kappa shape index (κ2) is 6.12. The molecule has 3 nitrogen and oxygen atoms in total. The van der Waals surface area contributed by atoms with Gasteiger partial charge in [-0.15, -0.1) is 0 Å². The fraction of sp³-hybridized carbons (Fsp3) is 0.533. The zero-order valence-electron chi connectivity index (χ0n) is 11.2. The zero-order chi connectivity index (χ0) is 13.0. The number of rotatable bonds is 5. The minimum absolute atomic E-state index is 0.203. The Hall–Kier alpha value is -1.19. The van der Waals surface area contributed by atoms with E-state index < -0.39 is 0 Å². The molecule has 1 atom stereocenters. The Morgan fingerprint density at radius 1 is 1.39 bits per heavy atom. The molecule has 1 unspecified atom stereocenters. The quantitative estimate of drug-likeness (QED) is 0.747. The Morgan fingerprint density at radius 3 is 2.67 bits per heavy atom. The van der Waals surface area contributed by atoms with Crippen LogP contribution in [0.25, 0.3) is 0 Å².